The lowest BCUT2D eigenvalue weighted by Crippen LogP contribution is -2.38. The monoisotopic (exact) mass is 463 g/mol. The summed E-state index contributed by atoms with van der Waals surface area (Å²) in [6, 6.07) is 12.2. The highest BCUT2D eigenvalue weighted by atomic mass is 19.1. The molecule has 2 aromatic rings. The van der Waals surface area contributed by atoms with Crippen LogP contribution in [0, 0.1) is 11.6 Å². The molecular weight excluding hydrogens is 431 g/mol. The fourth-order valence-electron chi connectivity index (χ4n) is 3.91. The molecule has 2 atom stereocenters. The van der Waals surface area contributed by atoms with Gasteiger partial charge in [-0.05, 0) is 55.8 Å². The molecule has 2 heterocycles. The molecule has 0 spiro atoms. The summed E-state index contributed by atoms with van der Waals surface area (Å²) in [6.07, 6.45) is 3.04. The van der Waals surface area contributed by atoms with Crippen molar-refractivity contribution >= 4 is 11.6 Å². The van der Waals surface area contributed by atoms with Gasteiger partial charge in [0, 0.05) is 32.8 Å². The van der Waals surface area contributed by atoms with Crippen molar-refractivity contribution in [3.63, 3.8) is 0 Å². The van der Waals surface area contributed by atoms with E-state index in [1.807, 2.05) is 48.4 Å². The number of likely N-dealkylation sites (tertiary alicyclic amines) is 1. The van der Waals surface area contributed by atoms with Crippen molar-refractivity contribution in [3.8, 4) is 0 Å². The highest BCUT2D eigenvalue weighted by Crippen LogP contribution is 2.35. The molecular formula is C25H32F3N3O2. The molecule has 2 aliphatic rings. The number of benzene rings is 2. The number of piperidine rings is 1. The summed E-state index contributed by atoms with van der Waals surface area (Å²) >= 11 is 0. The largest absolute Gasteiger partial charge is 0.400 e. The van der Waals surface area contributed by atoms with Gasteiger partial charge in [0.05, 0.1) is 6.04 Å². The molecule has 180 valence electrons. The van der Waals surface area contributed by atoms with E-state index in [0.717, 1.165) is 50.3 Å². The Morgan fingerprint density at radius 1 is 1.12 bits per heavy atom. The SMILES string of the molecule is CN1CCC[C@@H](F)C1.CNC(=O)N1CC(c2cc(F)ccc2F)=C[C@H]1c1ccccc1.CO. The van der Waals surface area contributed by atoms with Gasteiger partial charge in [0.1, 0.15) is 17.8 Å². The molecule has 0 saturated carbocycles. The zero-order valence-electron chi connectivity index (χ0n) is 19.3. The first kappa shape index (κ1) is 26.4. The van der Waals surface area contributed by atoms with Crippen LogP contribution in [0.5, 0.6) is 0 Å². The number of carbonyl (C=O) groups is 1. The topological polar surface area (TPSA) is 55.8 Å². The number of hydrogen-bond acceptors (Lipinski definition) is 3. The first-order valence-corrected chi connectivity index (χ1v) is 10.9. The number of alkyl halides is 1. The second kappa shape index (κ2) is 13.0. The van der Waals surface area contributed by atoms with Gasteiger partial charge < -0.3 is 20.2 Å². The number of urea groups is 1. The number of aliphatic hydroxyl groups is 1. The minimum absolute atomic E-state index is 0.192. The number of carbonyl (C=O) groups excluding carboxylic acids is 1. The van der Waals surface area contributed by atoms with Crippen LogP contribution < -0.4 is 5.32 Å². The Labute approximate surface area is 193 Å². The van der Waals surface area contributed by atoms with Gasteiger partial charge in [0.2, 0.25) is 0 Å². The Hall–Kier alpha value is -2.84. The summed E-state index contributed by atoms with van der Waals surface area (Å²) in [5.74, 6) is -1.000. The first-order chi connectivity index (χ1) is 15.9. The van der Waals surface area contributed by atoms with Gasteiger partial charge in [-0.15, -0.1) is 0 Å². The lowest BCUT2D eigenvalue weighted by atomic mass is 10.0. The zero-order chi connectivity index (χ0) is 24.4. The van der Waals surface area contributed by atoms with Gasteiger partial charge >= 0.3 is 6.03 Å². The van der Waals surface area contributed by atoms with Crippen molar-refractivity contribution in [1.29, 1.82) is 0 Å². The maximum atomic E-state index is 14.0. The molecule has 2 aromatic carbocycles. The van der Waals surface area contributed by atoms with E-state index in [9.17, 15) is 18.0 Å². The molecule has 1 fully saturated rings. The molecule has 4 rings (SSSR count). The van der Waals surface area contributed by atoms with E-state index >= 15 is 0 Å². The molecule has 2 amide bonds. The van der Waals surface area contributed by atoms with Gasteiger partial charge in [-0.3, -0.25) is 0 Å². The predicted molar refractivity (Wildman–Crippen MR) is 124 cm³/mol. The molecule has 0 radical (unpaired) electrons. The molecule has 1 saturated heterocycles. The van der Waals surface area contributed by atoms with Crippen molar-refractivity contribution in [2.75, 3.05) is 40.8 Å². The molecule has 0 bridgehead atoms. The molecule has 0 unspecified atom stereocenters. The number of nitrogens with zero attached hydrogens (tertiary/aromatic N) is 2. The van der Waals surface area contributed by atoms with Gasteiger partial charge in [0.25, 0.3) is 0 Å². The van der Waals surface area contributed by atoms with Crippen molar-refractivity contribution in [2.45, 2.75) is 25.1 Å². The summed E-state index contributed by atoms with van der Waals surface area (Å²) in [4.78, 5) is 15.8. The molecule has 2 aliphatic heterocycles. The summed E-state index contributed by atoms with van der Waals surface area (Å²) in [6.45, 7) is 1.93. The Bertz CT molecular complexity index is 916. The fraction of sp³-hybridized carbons (Fsp3) is 0.400. The summed E-state index contributed by atoms with van der Waals surface area (Å²) in [5, 5.41) is 9.59. The molecule has 0 aromatic heterocycles. The van der Waals surface area contributed by atoms with Crippen LogP contribution in [0.1, 0.15) is 30.0 Å². The van der Waals surface area contributed by atoms with Crippen LogP contribution in [-0.2, 0) is 0 Å². The third-order valence-corrected chi connectivity index (χ3v) is 5.49. The minimum atomic E-state index is -0.561. The number of aliphatic hydroxyl groups excluding tert-OH is 1. The van der Waals surface area contributed by atoms with E-state index in [4.69, 9.17) is 5.11 Å². The van der Waals surface area contributed by atoms with Gasteiger partial charge in [0.15, 0.2) is 0 Å². The fourth-order valence-corrected chi connectivity index (χ4v) is 3.91. The second-order valence-corrected chi connectivity index (χ2v) is 7.86. The van der Waals surface area contributed by atoms with Crippen molar-refractivity contribution in [1.82, 2.24) is 15.1 Å². The van der Waals surface area contributed by atoms with Crippen LogP contribution in [0.4, 0.5) is 18.0 Å². The van der Waals surface area contributed by atoms with Crippen LogP contribution >= 0.6 is 0 Å². The van der Waals surface area contributed by atoms with Crippen LogP contribution in [0.25, 0.3) is 5.57 Å². The van der Waals surface area contributed by atoms with Crippen molar-refractivity contribution < 1.29 is 23.1 Å². The van der Waals surface area contributed by atoms with Gasteiger partial charge in [-0.2, -0.15) is 0 Å². The van der Waals surface area contributed by atoms with Crippen molar-refractivity contribution in [3.05, 3.63) is 77.4 Å². The standard InChI is InChI=1S/C18H16F2N2O.C6H12FN.CH4O/c1-21-18(23)22-11-13(15-10-14(19)7-8-16(15)20)9-17(22)12-5-3-2-4-6-12;1-8-4-2-3-6(7)5-8;1-2/h2-10,17H,11H2,1H3,(H,21,23);6H,2-5H2,1H3;2H,1H3/t17-;6-;/m01./s1. The smallest absolute Gasteiger partial charge is 0.318 e. The lowest BCUT2D eigenvalue weighted by molar-refractivity contribution is 0.163. The van der Waals surface area contributed by atoms with Crippen LogP contribution in [-0.4, -0.2) is 67.9 Å². The number of rotatable bonds is 2. The van der Waals surface area contributed by atoms with E-state index in [2.05, 4.69) is 5.32 Å². The van der Waals surface area contributed by atoms with E-state index in [1.54, 1.807) is 11.9 Å². The van der Waals surface area contributed by atoms with Crippen molar-refractivity contribution in [2.24, 2.45) is 0 Å². The third kappa shape index (κ3) is 7.33. The average Bonchev–Trinajstić information content (AvgIpc) is 3.27. The summed E-state index contributed by atoms with van der Waals surface area (Å²) in [7, 11) is 4.51. The number of hydrogen-bond donors (Lipinski definition) is 2. The molecule has 2 N–H and O–H groups in total. The first-order valence-electron chi connectivity index (χ1n) is 10.9. The Morgan fingerprint density at radius 2 is 1.82 bits per heavy atom. The predicted octanol–water partition coefficient (Wildman–Crippen LogP) is 4.40. The summed E-state index contributed by atoms with van der Waals surface area (Å²) < 4.78 is 39.9. The Balaban J connectivity index is 0.000000323. The highest BCUT2D eigenvalue weighted by molar-refractivity contribution is 5.81. The van der Waals surface area contributed by atoms with Crippen LogP contribution in [0.2, 0.25) is 0 Å². The third-order valence-electron chi connectivity index (χ3n) is 5.49. The molecule has 33 heavy (non-hydrogen) atoms. The van der Waals surface area contributed by atoms with Crippen LogP contribution in [0.3, 0.4) is 0 Å². The summed E-state index contributed by atoms with van der Waals surface area (Å²) in [5.41, 5.74) is 1.71. The Kier molecular flexibility index (Phi) is 10.4. The molecule has 0 aliphatic carbocycles. The Morgan fingerprint density at radius 3 is 2.39 bits per heavy atom. The number of amides is 2. The van der Waals surface area contributed by atoms with E-state index < -0.39 is 17.8 Å². The molecule has 8 heteroatoms. The lowest BCUT2D eigenvalue weighted by Gasteiger charge is -2.24. The van der Waals surface area contributed by atoms with E-state index in [-0.39, 0.29) is 24.2 Å². The second-order valence-electron chi connectivity index (χ2n) is 7.86. The van der Waals surface area contributed by atoms with Gasteiger partial charge in [-0.1, -0.05) is 36.4 Å². The average molecular weight is 464 g/mol. The quantitative estimate of drug-likeness (QED) is 0.694. The van der Waals surface area contributed by atoms with Crippen LogP contribution in [0.15, 0.2) is 54.6 Å². The minimum Gasteiger partial charge on any atom is -0.400 e. The maximum Gasteiger partial charge on any atom is 0.318 e. The zero-order valence-corrected chi connectivity index (χ0v) is 19.3. The van der Waals surface area contributed by atoms with E-state index in [0.29, 0.717) is 12.1 Å². The normalized spacial score (nSPS) is 20.1. The highest BCUT2D eigenvalue weighted by Gasteiger charge is 2.31. The van der Waals surface area contributed by atoms with Gasteiger partial charge in [-0.25, -0.2) is 18.0 Å². The maximum absolute atomic E-state index is 14.0. The number of halogens is 3. The number of nitrogens with one attached hydrogen (secondary N) is 1. The van der Waals surface area contributed by atoms with E-state index in [1.165, 1.54) is 0 Å². The molecule has 5 nitrogen and oxygen atoms in total.